The van der Waals surface area contributed by atoms with Crippen LogP contribution < -0.4 is 5.32 Å². The molecule has 0 aliphatic heterocycles. The Bertz CT molecular complexity index is 340. The van der Waals surface area contributed by atoms with Crippen LogP contribution in [0.4, 0.5) is 0 Å². The monoisotopic (exact) mass is 303 g/mol. The van der Waals surface area contributed by atoms with Crippen molar-refractivity contribution >= 4 is 15.9 Å². The van der Waals surface area contributed by atoms with Gasteiger partial charge in [0.2, 0.25) is 0 Å². The Hall–Kier alpha value is -0.390. The van der Waals surface area contributed by atoms with Gasteiger partial charge in [0.15, 0.2) is 0 Å². The van der Waals surface area contributed by atoms with Crippen LogP contribution in [0.5, 0.6) is 0 Å². The van der Waals surface area contributed by atoms with Crippen LogP contribution in [0.2, 0.25) is 0 Å². The zero-order valence-corrected chi connectivity index (χ0v) is 12.6. The first-order chi connectivity index (χ1) is 8.15. The van der Waals surface area contributed by atoms with E-state index in [-0.39, 0.29) is 12.1 Å². The summed E-state index contributed by atoms with van der Waals surface area (Å²) in [6.07, 6.45) is 1.97. The second-order valence-corrected chi connectivity index (χ2v) is 4.74. The van der Waals surface area contributed by atoms with Crippen molar-refractivity contribution in [2.75, 3.05) is 13.2 Å². The molecule has 0 saturated heterocycles. The van der Waals surface area contributed by atoms with Gasteiger partial charge < -0.3 is 10.1 Å². The first-order valence-electron chi connectivity index (χ1n) is 6.21. The number of nitrogens with one attached hydrogen (secondary N) is 1. The molecule has 2 unspecified atom stereocenters. The van der Waals surface area contributed by atoms with Crippen molar-refractivity contribution in [3.8, 4) is 0 Å². The van der Waals surface area contributed by atoms with Crippen LogP contribution in [0, 0.1) is 0 Å². The van der Waals surface area contributed by atoms with Gasteiger partial charge in [0.1, 0.15) is 0 Å². The lowest BCUT2D eigenvalue weighted by atomic mass is 10.1. The van der Waals surface area contributed by atoms with Crippen LogP contribution >= 0.6 is 15.9 Å². The number of rotatable bonds is 7. The maximum absolute atomic E-state index is 5.71. The van der Waals surface area contributed by atoms with Crippen molar-refractivity contribution in [1.82, 2.24) is 15.1 Å². The van der Waals surface area contributed by atoms with Crippen LogP contribution in [-0.2, 0) is 11.3 Å². The third-order valence-electron chi connectivity index (χ3n) is 2.75. The van der Waals surface area contributed by atoms with Gasteiger partial charge >= 0.3 is 0 Å². The molecular formula is C12H22BrN3O. The highest BCUT2D eigenvalue weighted by Crippen LogP contribution is 2.27. The molecule has 1 aromatic heterocycles. The highest BCUT2D eigenvalue weighted by atomic mass is 79.9. The lowest BCUT2D eigenvalue weighted by Gasteiger charge is -2.25. The quantitative estimate of drug-likeness (QED) is 0.842. The summed E-state index contributed by atoms with van der Waals surface area (Å²) in [5, 5.41) is 7.82. The molecule has 0 fully saturated rings. The van der Waals surface area contributed by atoms with Crippen LogP contribution in [0.3, 0.4) is 0 Å². The lowest BCUT2D eigenvalue weighted by molar-refractivity contribution is 0.0451. The standard InChI is InChI=1S/C12H22BrN3O/c1-5-14-11(9(4)17-7-3)12-10(13)8-15-16(12)6-2/h8-9,11,14H,5-7H2,1-4H3. The van der Waals surface area contributed by atoms with E-state index in [1.165, 1.54) is 0 Å². The zero-order valence-electron chi connectivity index (χ0n) is 11.0. The van der Waals surface area contributed by atoms with Crippen molar-refractivity contribution in [3.05, 3.63) is 16.4 Å². The molecule has 0 bridgehead atoms. The molecule has 0 amide bonds. The molecule has 0 spiro atoms. The smallest absolute Gasteiger partial charge is 0.0767 e. The third-order valence-corrected chi connectivity index (χ3v) is 3.36. The Morgan fingerprint density at radius 2 is 2.18 bits per heavy atom. The molecule has 0 saturated carbocycles. The minimum absolute atomic E-state index is 0.123. The van der Waals surface area contributed by atoms with Crippen molar-refractivity contribution in [2.45, 2.75) is 46.4 Å². The first kappa shape index (κ1) is 14.7. The van der Waals surface area contributed by atoms with E-state index in [0.29, 0.717) is 0 Å². The molecule has 0 aliphatic carbocycles. The Morgan fingerprint density at radius 3 is 2.71 bits per heavy atom. The van der Waals surface area contributed by atoms with Crippen molar-refractivity contribution in [1.29, 1.82) is 0 Å². The average molecular weight is 304 g/mol. The number of aryl methyl sites for hydroxylation is 1. The van der Waals surface area contributed by atoms with E-state index < -0.39 is 0 Å². The zero-order chi connectivity index (χ0) is 12.8. The topological polar surface area (TPSA) is 39.1 Å². The number of aromatic nitrogens is 2. The minimum Gasteiger partial charge on any atom is -0.377 e. The predicted octanol–water partition coefficient (Wildman–Crippen LogP) is 2.74. The summed E-state index contributed by atoms with van der Waals surface area (Å²) in [5.74, 6) is 0. The summed E-state index contributed by atoms with van der Waals surface area (Å²) in [7, 11) is 0. The summed E-state index contributed by atoms with van der Waals surface area (Å²) in [6, 6.07) is 0.164. The van der Waals surface area contributed by atoms with Gasteiger partial charge in [-0.15, -0.1) is 0 Å². The highest BCUT2D eigenvalue weighted by molar-refractivity contribution is 9.10. The summed E-state index contributed by atoms with van der Waals surface area (Å²) in [6.45, 7) is 10.8. The van der Waals surface area contributed by atoms with E-state index in [4.69, 9.17) is 4.74 Å². The predicted molar refractivity (Wildman–Crippen MR) is 73.1 cm³/mol. The van der Waals surface area contributed by atoms with Gasteiger partial charge in [0.05, 0.1) is 28.5 Å². The van der Waals surface area contributed by atoms with Gasteiger partial charge in [0.25, 0.3) is 0 Å². The Morgan fingerprint density at radius 1 is 1.47 bits per heavy atom. The van der Waals surface area contributed by atoms with Crippen molar-refractivity contribution in [2.24, 2.45) is 0 Å². The number of halogens is 1. The van der Waals surface area contributed by atoms with Crippen LogP contribution in [0.1, 0.15) is 39.4 Å². The fourth-order valence-corrected chi connectivity index (χ4v) is 2.54. The number of hydrogen-bond acceptors (Lipinski definition) is 3. The molecule has 1 heterocycles. The number of ether oxygens (including phenoxy) is 1. The molecular weight excluding hydrogens is 282 g/mol. The van der Waals surface area contributed by atoms with E-state index in [9.17, 15) is 0 Å². The number of hydrogen-bond donors (Lipinski definition) is 1. The van der Waals surface area contributed by atoms with Crippen LogP contribution in [0.25, 0.3) is 0 Å². The summed E-state index contributed by atoms with van der Waals surface area (Å²) >= 11 is 3.57. The van der Waals surface area contributed by atoms with Gasteiger partial charge in [0, 0.05) is 13.2 Å². The highest BCUT2D eigenvalue weighted by Gasteiger charge is 2.24. The summed E-state index contributed by atoms with van der Waals surface area (Å²) in [4.78, 5) is 0. The van der Waals surface area contributed by atoms with Crippen LogP contribution in [-0.4, -0.2) is 29.0 Å². The first-order valence-corrected chi connectivity index (χ1v) is 7.01. The summed E-state index contributed by atoms with van der Waals surface area (Å²) < 4.78 is 8.76. The maximum Gasteiger partial charge on any atom is 0.0767 e. The molecule has 98 valence electrons. The van der Waals surface area contributed by atoms with E-state index >= 15 is 0 Å². The van der Waals surface area contributed by atoms with Gasteiger partial charge in [-0.25, -0.2) is 0 Å². The molecule has 0 aliphatic rings. The second kappa shape index (κ2) is 7.13. The van der Waals surface area contributed by atoms with Gasteiger partial charge in [-0.3, -0.25) is 4.68 Å². The van der Waals surface area contributed by atoms with E-state index in [0.717, 1.165) is 29.9 Å². The lowest BCUT2D eigenvalue weighted by Crippen LogP contribution is -2.34. The second-order valence-electron chi connectivity index (χ2n) is 3.89. The van der Waals surface area contributed by atoms with Gasteiger partial charge in [-0.1, -0.05) is 6.92 Å². The molecule has 0 radical (unpaired) electrons. The Kier molecular flexibility index (Phi) is 6.16. The third kappa shape index (κ3) is 3.53. The molecule has 1 N–H and O–H groups in total. The Balaban J connectivity index is 2.99. The number of nitrogens with zero attached hydrogens (tertiary/aromatic N) is 2. The largest absolute Gasteiger partial charge is 0.377 e. The fourth-order valence-electron chi connectivity index (χ4n) is 2.00. The molecule has 0 aromatic carbocycles. The summed E-state index contributed by atoms with van der Waals surface area (Å²) in [5.41, 5.74) is 1.16. The van der Waals surface area contributed by atoms with E-state index in [2.05, 4.69) is 47.1 Å². The van der Waals surface area contributed by atoms with Crippen molar-refractivity contribution in [3.63, 3.8) is 0 Å². The van der Waals surface area contributed by atoms with E-state index in [1.54, 1.807) is 0 Å². The van der Waals surface area contributed by atoms with Crippen LogP contribution in [0.15, 0.2) is 10.7 Å². The average Bonchev–Trinajstić information content (AvgIpc) is 2.67. The van der Waals surface area contributed by atoms with Gasteiger partial charge in [-0.2, -0.15) is 5.10 Å². The number of likely N-dealkylation sites (N-methyl/N-ethyl adjacent to an activating group) is 1. The molecule has 1 rings (SSSR count). The molecule has 4 nitrogen and oxygen atoms in total. The SMILES string of the molecule is CCNC(c1c(Br)cnn1CC)C(C)OCC. The minimum atomic E-state index is 0.123. The van der Waals surface area contributed by atoms with E-state index in [1.807, 2.05) is 17.8 Å². The Labute approximate surface area is 112 Å². The normalized spacial score (nSPS) is 14.9. The molecule has 2 atom stereocenters. The molecule has 17 heavy (non-hydrogen) atoms. The van der Waals surface area contributed by atoms with Crippen molar-refractivity contribution < 1.29 is 4.74 Å². The fraction of sp³-hybridized carbons (Fsp3) is 0.750. The molecule has 1 aromatic rings. The van der Waals surface area contributed by atoms with Gasteiger partial charge in [-0.05, 0) is 43.2 Å². The molecule has 5 heteroatoms. The maximum atomic E-state index is 5.71.